The van der Waals surface area contributed by atoms with Gasteiger partial charge in [0, 0.05) is 19.6 Å². The number of carbonyl (C=O) groups is 1. The molecular weight excluding hydrogens is 320 g/mol. The van der Waals surface area contributed by atoms with Gasteiger partial charge in [-0.3, -0.25) is 4.79 Å². The molecule has 25 heavy (non-hydrogen) atoms. The SMILES string of the molecule is COc1ccc(CNC(=O)c2cnc(N3CCCC3)cn2)cc1OC. The molecule has 0 atom stereocenters. The van der Waals surface area contributed by atoms with E-state index in [0.29, 0.717) is 23.7 Å². The Labute approximate surface area is 147 Å². The van der Waals surface area contributed by atoms with Crippen molar-refractivity contribution < 1.29 is 14.3 Å². The minimum Gasteiger partial charge on any atom is -0.493 e. The molecule has 0 saturated carbocycles. The number of methoxy groups -OCH3 is 2. The highest BCUT2D eigenvalue weighted by Crippen LogP contribution is 2.27. The van der Waals surface area contributed by atoms with Crippen molar-refractivity contribution in [3.63, 3.8) is 0 Å². The van der Waals surface area contributed by atoms with E-state index in [0.717, 1.165) is 24.5 Å². The average Bonchev–Trinajstić information content (AvgIpc) is 3.20. The third-order valence-corrected chi connectivity index (χ3v) is 4.20. The van der Waals surface area contributed by atoms with Crippen molar-refractivity contribution in [2.45, 2.75) is 19.4 Å². The molecule has 0 radical (unpaired) electrons. The van der Waals surface area contributed by atoms with Crippen LogP contribution < -0.4 is 19.7 Å². The lowest BCUT2D eigenvalue weighted by atomic mass is 10.2. The van der Waals surface area contributed by atoms with Crippen LogP contribution in [0.2, 0.25) is 0 Å². The van der Waals surface area contributed by atoms with Crippen LogP contribution in [0.25, 0.3) is 0 Å². The second kappa shape index (κ2) is 7.83. The van der Waals surface area contributed by atoms with Gasteiger partial charge in [-0.05, 0) is 30.5 Å². The molecule has 1 saturated heterocycles. The Morgan fingerprint density at radius 1 is 1.12 bits per heavy atom. The zero-order valence-electron chi connectivity index (χ0n) is 14.5. The maximum Gasteiger partial charge on any atom is 0.271 e. The Hall–Kier alpha value is -2.83. The standard InChI is InChI=1S/C18H22N4O3/c1-24-15-6-5-13(9-16(15)25-2)10-21-18(23)14-11-20-17(12-19-14)22-7-3-4-8-22/h5-6,9,11-12H,3-4,7-8,10H2,1-2H3,(H,21,23). The normalized spacial score (nSPS) is 13.6. The molecule has 2 heterocycles. The van der Waals surface area contributed by atoms with Crippen molar-refractivity contribution in [2.75, 3.05) is 32.2 Å². The van der Waals surface area contributed by atoms with E-state index in [4.69, 9.17) is 9.47 Å². The van der Waals surface area contributed by atoms with Crippen molar-refractivity contribution in [2.24, 2.45) is 0 Å². The molecule has 0 bridgehead atoms. The van der Waals surface area contributed by atoms with Crippen molar-refractivity contribution in [1.82, 2.24) is 15.3 Å². The van der Waals surface area contributed by atoms with Gasteiger partial charge in [-0.1, -0.05) is 6.07 Å². The second-order valence-corrected chi connectivity index (χ2v) is 5.83. The molecule has 1 aromatic heterocycles. The Balaban J connectivity index is 1.60. The Morgan fingerprint density at radius 2 is 1.88 bits per heavy atom. The second-order valence-electron chi connectivity index (χ2n) is 5.83. The Kier molecular flexibility index (Phi) is 5.33. The van der Waals surface area contributed by atoms with Gasteiger partial charge in [-0.15, -0.1) is 0 Å². The number of amides is 1. The zero-order chi connectivity index (χ0) is 17.6. The van der Waals surface area contributed by atoms with E-state index in [1.165, 1.54) is 19.0 Å². The molecule has 1 aliphatic heterocycles. The van der Waals surface area contributed by atoms with E-state index in [9.17, 15) is 4.79 Å². The first kappa shape index (κ1) is 17.0. The highest BCUT2D eigenvalue weighted by Gasteiger charge is 2.15. The molecule has 1 amide bonds. The van der Waals surface area contributed by atoms with Gasteiger partial charge < -0.3 is 19.7 Å². The summed E-state index contributed by atoms with van der Waals surface area (Å²) in [7, 11) is 3.17. The number of ether oxygens (including phenoxy) is 2. The predicted molar refractivity (Wildman–Crippen MR) is 94.2 cm³/mol. The number of hydrogen-bond donors (Lipinski definition) is 1. The van der Waals surface area contributed by atoms with Crippen LogP contribution in [0.4, 0.5) is 5.82 Å². The first-order valence-corrected chi connectivity index (χ1v) is 8.27. The number of hydrogen-bond acceptors (Lipinski definition) is 6. The van der Waals surface area contributed by atoms with E-state index in [1.54, 1.807) is 20.4 Å². The summed E-state index contributed by atoms with van der Waals surface area (Å²) in [5.74, 6) is 1.86. The third kappa shape index (κ3) is 3.99. The van der Waals surface area contributed by atoms with Gasteiger partial charge in [0.05, 0.1) is 26.6 Å². The number of aromatic nitrogens is 2. The molecule has 0 spiro atoms. The maximum absolute atomic E-state index is 12.2. The van der Waals surface area contributed by atoms with Gasteiger partial charge in [0.1, 0.15) is 11.5 Å². The summed E-state index contributed by atoms with van der Waals surface area (Å²) >= 11 is 0. The third-order valence-electron chi connectivity index (χ3n) is 4.20. The van der Waals surface area contributed by atoms with E-state index >= 15 is 0 Å². The van der Waals surface area contributed by atoms with Gasteiger partial charge in [0.2, 0.25) is 0 Å². The van der Waals surface area contributed by atoms with E-state index in [-0.39, 0.29) is 5.91 Å². The molecule has 1 fully saturated rings. The van der Waals surface area contributed by atoms with Crippen LogP contribution in [0.5, 0.6) is 11.5 Å². The molecule has 2 aromatic rings. The zero-order valence-corrected chi connectivity index (χ0v) is 14.5. The first-order valence-electron chi connectivity index (χ1n) is 8.27. The molecule has 7 heteroatoms. The summed E-state index contributed by atoms with van der Waals surface area (Å²) in [5, 5.41) is 2.84. The van der Waals surface area contributed by atoms with Gasteiger partial charge in [0.25, 0.3) is 5.91 Å². The molecule has 0 unspecified atom stereocenters. The molecule has 1 aromatic carbocycles. The van der Waals surface area contributed by atoms with Crippen molar-refractivity contribution >= 4 is 11.7 Å². The summed E-state index contributed by atoms with van der Waals surface area (Å²) in [4.78, 5) is 23.0. The molecule has 3 rings (SSSR count). The molecule has 0 aliphatic carbocycles. The fourth-order valence-electron chi connectivity index (χ4n) is 2.81. The summed E-state index contributed by atoms with van der Waals surface area (Å²) < 4.78 is 10.5. The monoisotopic (exact) mass is 342 g/mol. The summed E-state index contributed by atoms with van der Waals surface area (Å²) in [6.45, 7) is 2.37. The molecule has 132 valence electrons. The summed E-state index contributed by atoms with van der Waals surface area (Å²) in [5.41, 5.74) is 1.22. The van der Waals surface area contributed by atoms with E-state index in [2.05, 4.69) is 20.2 Å². The van der Waals surface area contributed by atoms with Gasteiger partial charge >= 0.3 is 0 Å². The fourth-order valence-corrected chi connectivity index (χ4v) is 2.81. The van der Waals surface area contributed by atoms with E-state index in [1.807, 2.05) is 18.2 Å². The smallest absolute Gasteiger partial charge is 0.271 e. The first-order chi connectivity index (χ1) is 12.2. The quantitative estimate of drug-likeness (QED) is 0.865. The highest BCUT2D eigenvalue weighted by molar-refractivity contribution is 5.92. The lowest BCUT2D eigenvalue weighted by Crippen LogP contribution is -2.25. The lowest BCUT2D eigenvalue weighted by Gasteiger charge is -2.15. The predicted octanol–water partition coefficient (Wildman–Crippen LogP) is 2.02. The number of benzene rings is 1. The van der Waals surface area contributed by atoms with Crippen molar-refractivity contribution in [3.8, 4) is 11.5 Å². The number of rotatable bonds is 6. The molecule has 7 nitrogen and oxygen atoms in total. The average molecular weight is 342 g/mol. The highest BCUT2D eigenvalue weighted by atomic mass is 16.5. The van der Waals surface area contributed by atoms with Crippen LogP contribution in [-0.4, -0.2) is 43.2 Å². The van der Waals surface area contributed by atoms with Gasteiger partial charge in [-0.2, -0.15) is 0 Å². The minimum atomic E-state index is -0.254. The van der Waals surface area contributed by atoms with Crippen molar-refractivity contribution in [1.29, 1.82) is 0 Å². The Bertz CT molecular complexity index is 728. The number of carbonyl (C=O) groups excluding carboxylic acids is 1. The summed E-state index contributed by atoms with van der Waals surface area (Å²) in [6, 6.07) is 5.52. The van der Waals surface area contributed by atoms with Crippen molar-refractivity contribution in [3.05, 3.63) is 41.9 Å². The van der Waals surface area contributed by atoms with Crippen LogP contribution >= 0.6 is 0 Å². The molecule has 1 N–H and O–H groups in total. The number of anilines is 1. The van der Waals surface area contributed by atoms with Gasteiger partial charge in [0.15, 0.2) is 11.5 Å². The fraction of sp³-hybridized carbons (Fsp3) is 0.389. The van der Waals surface area contributed by atoms with Crippen LogP contribution in [0, 0.1) is 0 Å². The largest absolute Gasteiger partial charge is 0.493 e. The number of nitrogens with zero attached hydrogens (tertiary/aromatic N) is 3. The van der Waals surface area contributed by atoms with Crippen LogP contribution in [0.15, 0.2) is 30.6 Å². The topological polar surface area (TPSA) is 76.6 Å². The summed E-state index contributed by atoms with van der Waals surface area (Å²) in [6.07, 6.45) is 5.54. The van der Waals surface area contributed by atoms with Crippen LogP contribution in [-0.2, 0) is 6.54 Å². The van der Waals surface area contributed by atoms with Crippen LogP contribution in [0.3, 0.4) is 0 Å². The maximum atomic E-state index is 12.2. The van der Waals surface area contributed by atoms with Crippen LogP contribution in [0.1, 0.15) is 28.9 Å². The Morgan fingerprint density at radius 3 is 2.52 bits per heavy atom. The lowest BCUT2D eigenvalue weighted by molar-refractivity contribution is 0.0945. The number of nitrogens with one attached hydrogen (secondary N) is 1. The molecular formula is C18H22N4O3. The van der Waals surface area contributed by atoms with E-state index < -0.39 is 0 Å². The minimum absolute atomic E-state index is 0.254. The van der Waals surface area contributed by atoms with Gasteiger partial charge in [-0.25, -0.2) is 9.97 Å². The molecule has 1 aliphatic rings.